The highest BCUT2D eigenvalue weighted by molar-refractivity contribution is 5.59. The molecule has 0 aliphatic carbocycles. The minimum absolute atomic E-state index is 0.837. The van der Waals surface area contributed by atoms with Crippen LogP contribution in [0.4, 0.5) is 5.69 Å². The van der Waals surface area contributed by atoms with Gasteiger partial charge in [-0.2, -0.15) is 0 Å². The lowest BCUT2D eigenvalue weighted by molar-refractivity contribution is 0.698. The summed E-state index contributed by atoms with van der Waals surface area (Å²) in [6.07, 6.45) is 4.67. The van der Waals surface area contributed by atoms with Crippen LogP contribution >= 0.6 is 0 Å². The molecular formula is C17H24N4. The summed E-state index contributed by atoms with van der Waals surface area (Å²) in [5.41, 5.74) is 5.41. The summed E-state index contributed by atoms with van der Waals surface area (Å²) in [5.74, 6) is 0.997. The van der Waals surface area contributed by atoms with Gasteiger partial charge in [0.1, 0.15) is 5.82 Å². The second-order valence-electron chi connectivity index (χ2n) is 5.18. The van der Waals surface area contributed by atoms with E-state index in [0.29, 0.717) is 0 Å². The third kappa shape index (κ3) is 4.46. The zero-order valence-electron chi connectivity index (χ0n) is 13.0. The molecule has 3 rings (SSSR count). The first-order valence-electron chi connectivity index (χ1n) is 7.41. The van der Waals surface area contributed by atoms with Crippen LogP contribution < -0.4 is 10.6 Å². The smallest absolute Gasteiger partial charge is 0.120 e. The molecule has 0 amide bonds. The lowest BCUT2D eigenvalue weighted by Gasteiger charge is -2.20. The number of aromatic amines is 1. The van der Waals surface area contributed by atoms with Crippen molar-refractivity contribution in [2.45, 2.75) is 33.7 Å². The molecular weight excluding hydrogens is 260 g/mol. The number of fused-ring (bicyclic) bond motifs is 1. The van der Waals surface area contributed by atoms with Crippen LogP contribution in [0.2, 0.25) is 0 Å². The van der Waals surface area contributed by atoms with Crippen LogP contribution in [-0.4, -0.2) is 16.5 Å². The molecule has 0 atom stereocenters. The highest BCUT2D eigenvalue weighted by Gasteiger charge is 2.09. The van der Waals surface area contributed by atoms with E-state index >= 15 is 0 Å². The molecule has 1 aliphatic heterocycles. The molecule has 4 nitrogen and oxygen atoms in total. The van der Waals surface area contributed by atoms with Crippen LogP contribution in [0.25, 0.3) is 0 Å². The molecule has 1 aromatic carbocycles. The van der Waals surface area contributed by atoms with E-state index in [0.717, 1.165) is 25.3 Å². The zero-order chi connectivity index (χ0) is 15.1. The van der Waals surface area contributed by atoms with E-state index in [1.807, 2.05) is 6.20 Å². The van der Waals surface area contributed by atoms with Crippen molar-refractivity contribution in [3.05, 3.63) is 59.3 Å². The molecule has 1 aromatic heterocycles. The Bertz CT molecular complexity index is 552. The van der Waals surface area contributed by atoms with Gasteiger partial charge in [-0.25, -0.2) is 4.98 Å². The maximum atomic E-state index is 4.04. The van der Waals surface area contributed by atoms with Gasteiger partial charge in [-0.15, -0.1) is 0 Å². The monoisotopic (exact) mass is 284 g/mol. The van der Waals surface area contributed by atoms with Crippen molar-refractivity contribution >= 4 is 5.69 Å². The number of nitrogens with zero attached hydrogens (tertiary/aromatic N) is 1. The zero-order valence-corrected chi connectivity index (χ0v) is 13.0. The molecule has 2 heterocycles. The van der Waals surface area contributed by atoms with Crippen molar-refractivity contribution in [3.63, 3.8) is 0 Å². The highest BCUT2D eigenvalue weighted by atomic mass is 15.0. The first-order valence-corrected chi connectivity index (χ1v) is 7.41. The van der Waals surface area contributed by atoms with Crippen molar-refractivity contribution in [1.29, 1.82) is 0 Å². The van der Waals surface area contributed by atoms with Crippen LogP contribution in [0.3, 0.4) is 0 Å². The number of allylic oxidation sites excluding steroid dienone is 2. The molecule has 0 fully saturated rings. The number of nitrogens with one attached hydrogen (secondary N) is 3. The second kappa shape index (κ2) is 7.64. The molecule has 21 heavy (non-hydrogen) atoms. The predicted octanol–water partition coefficient (Wildman–Crippen LogP) is 3.47. The molecule has 0 bridgehead atoms. The number of hydrogen-bond donors (Lipinski definition) is 3. The lowest BCUT2D eigenvalue weighted by Crippen LogP contribution is -2.12. The normalized spacial score (nSPS) is 13.1. The molecule has 0 unspecified atom stereocenters. The van der Waals surface area contributed by atoms with Crippen LogP contribution in [0, 0.1) is 0 Å². The van der Waals surface area contributed by atoms with Crippen molar-refractivity contribution in [3.8, 4) is 0 Å². The first kappa shape index (κ1) is 15.3. The van der Waals surface area contributed by atoms with Gasteiger partial charge in [0, 0.05) is 23.8 Å². The van der Waals surface area contributed by atoms with Gasteiger partial charge in [-0.1, -0.05) is 25.1 Å². The third-order valence-electron chi connectivity index (χ3n) is 3.53. The number of para-hydroxylation sites is 1. The number of anilines is 1. The van der Waals surface area contributed by atoms with E-state index in [-0.39, 0.29) is 0 Å². The molecule has 2 aromatic rings. The summed E-state index contributed by atoms with van der Waals surface area (Å²) < 4.78 is 0. The molecule has 4 heteroatoms. The fourth-order valence-corrected chi connectivity index (χ4v) is 2.16. The second-order valence-corrected chi connectivity index (χ2v) is 5.18. The van der Waals surface area contributed by atoms with Gasteiger partial charge < -0.3 is 15.6 Å². The van der Waals surface area contributed by atoms with Gasteiger partial charge in [0.15, 0.2) is 0 Å². The average Bonchev–Trinajstić information content (AvgIpc) is 3.00. The lowest BCUT2D eigenvalue weighted by atomic mass is 9.99. The van der Waals surface area contributed by atoms with Crippen molar-refractivity contribution < 1.29 is 0 Å². The van der Waals surface area contributed by atoms with Gasteiger partial charge in [-0.05, 0) is 44.0 Å². The Morgan fingerprint density at radius 1 is 1.24 bits per heavy atom. The summed E-state index contributed by atoms with van der Waals surface area (Å²) in [7, 11) is 0. The quantitative estimate of drug-likeness (QED) is 0.809. The minimum Gasteiger partial charge on any atom is -0.359 e. The molecule has 0 saturated heterocycles. The van der Waals surface area contributed by atoms with Crippen molar-refractivity contribution in [2.75, 3.05) is 11.9 Å². The number of hydrogen-bond acceptors (Lipinski definition) is 3. The molecule has 0 spiro atoms. The van der Waals surface area contributed by atoms with E-state index in [2.05, 4.69) is 65.6 Å². The Morgan fingerprint density at radius 2 is 2.05 bits per heavy atom. The Balaban J connectivity index is 0.000000161. The van der Waals surface area contributed by atoms with E-state index in [4.69, 9.17) is 0 Å². The molecule has 0 saturated carbocycles. The summed E-state index contributed by atoms with van der Waals surface area (Å²) in [6, 6.07) is 8.47. The van der Waals surface area contributed by atoms with Crippen LogP contribution in [0.5, 0.6) is 0 Å². The van der Waals surface area contributed by atoms with E-state index < -0.39 is 0 Å². The van der Waals surface area contributed by atoms with Crippen molar-refractivity contribution in [1.82, 2.24) is 15.3 Å². The maximum Gasteiger partial charge on any atom is 0.120 e. The number of imidazole rings is 1. The predicted molar refractivity (Wildman–Crippen MR) is 88.1 cm³/mol. The first-order chi connectivity index (χ1) is 10.2. The van der Waals surface area contributed by atoms with Crippen LogP contribution in [-0.2, 0) is 13.0 Å². The van der Waals surface area contributed by atoms with E-state index in [9.17, 15) is 0 Å². The summed E-state index contributed by atoms with van der Waals surface area (Å²) in [5, 5.41) is 6.55. The van der Waals surface area contributed by atoms with Gasteiger partial charge in [0.05, 0.1) is 6.54 Å². The number of aromatic nitrogens is 2. The number of H-pyrrole nitrogens is 1. The number of benzene rings is 1. The fraction of sp³-hybridized carbons (Fsp3) is 0.353. The third-order valence-corrected chi connectivity index (χ3v) is 3.53. The Labute approximate surface area is 126 Å². The summed E-state index contributed by atoms with van der Waals surface area (Å²) in [4.78, 5) is 7.03. The average molecular weight is 284 g/mol. The summed E-state index contributed by atoms with van der Waals surface area (Å²) >= 11 is 0. The molecule has 0 radical (unpaired) electrons. The van der Waals surface area contributed by atoms with E-state index in [1.165, 1.54) is 22.5 Å². The highest BCUT2D eigenvalue weighted by Crippen LogP contribution is 2.26. The van der Waals surface area contributed by atoms with E-state index in [1.54, 1.807) is 6.20 Å². The van der Waals surface area contributed by atoms with Gasteiger partial charge >= 0.3 is 0 Å². The van der Waals surface area contributed by atoms with Gasteiger partial charge in [-0.3, -0.25) is 0 Å². The molecule has 1 aliphatic rings. The minimum atomic E-state index is 0.837. The molecule has 3 N–H and O–H groups in total. The molecule has 112 valence electrons. The Kier molecular flexibility index (Phi) is 5.58. The van der Waals surface area contributed by atoms with Crippen LogP contribution in [0.15, 0.2) is 47.9 Å². The van der Waals surface area contributed by atoms with Crippen molar-refractivity contribution in [2.24, 2.45) is 0 Å². The van der Waals surface area contributed by atoms with Gasteiger partial charge in [0.2, 0.25) is 0 Å². The fourth-order valence-electron chi connectivity index (χ4n) is 2.16. The summed E-state index contributed by atoms with van der Waals surface area (Å²) in [6.45, 7) is 8.21. The largest absolute Gasteiger partial charge is 0.359 e. The Morgan fingerprint density at radius 3 is 2.76 bits per heavy atom. The Hall–Kier alpha value is -2.07. The maximum absolute atomic E-state index is 4.04. The van der Waals surface area contributed by atoms with Crippen LogP contribution in [0.1, 0.15) is 32.2 Å². The topological polar surface area (TPSA) is 52.7 Å². The van der Waals surface area contributed by atoms with Gasteiger partial charge in [0.25, 0.3) is 0 Å². The SMILES string of the molecule is CC1=C(C)Nc2ccccc2C1.CCNCc1ncc[nH]1. The standard InChI is InChI=1S/C11H13N.C6H11N3/c1-8-7-10-5-3-4-6-11(10)12-9(8)2;1-2-7-5-6-8-3-4-9-6/h3-6,12H,7H2,1-2H3;3-4,7H,2,5H2,1H3,(H,8,9). The number of rotatable bonds is 3.